The Hall–Kier alpha value is -1.02. The number of rotatable bonds is 0. The monoisotopic (exact) mass is 300 g/mol. The molecule has 0 aliphatic carbocycles. The molecule has 8 heteroatoms. The van der Waals surface area contributed by atoms with Crippen molar-refractivity contribution in [2.24, 2.45) is 0 Å². The predicted octanol–water partition coefficient (Wildman–Crippen LogP) is 3.45. The van der Waals surface area contributed by atoms with Crippen LogP contribution >= 0.6 is 0 Å². The van der Waals surface area contributed by atoms with Gasteiger partial charge in [0.1, 0.15) is 0 Å². The van der Waals surface area contributed by atoms with E-state index in [9.17, 15) is 26.3 Å². The maximum atomic E-state index is 13.1. The summed E-state index contributed by atoms with van der Waals surface area (Å²) in [4.78, 5) is 0. The molecule has 0 radical (unpaired) electrons. The first-order chi connectivity index (χ1) is 8.43. The fourth-order valence-electron chi connectivity index (χ4n) is 2.39. The van der Waals surface area contributed by atoms with Gasteiger partial charge in [0.15, 0.2) is 0 Å². The van der Waals surface area contributed by atoms with Crippen molar-refractivity contribution in [3.05, 3.63) is 29.8 Å². The van der Waals surface area contributed by atoms with Gasteiger partial charge in [-0.15, -0.1) is 0 Å². The van der Waals surface area contributed by atoms with E-state index in [0.717, 1.165) is 12.1 Å². The van der Waals surface area contributed by atoms with E-state index in [1.165, 1.54) is 25.2 Å². The molecule has 106 valence electrons. The van der Waals surface area contributed by atoms with Gasteiger partial charge in [-0.1, -0.05) is 24.3 Å². The molecular formula is C11H10F6OSi. The number of fused-ring (bicyclic) bond motifs is 1. The maximum Gasteiger partial charge on any atom is 0.429 e. The average molecular weight is 300 g/mol. The van der Waals surface area contributed by atoms with Crippen LogP contribution in [0.25, 0.3) is 0 Å². The highest BCUT2D eigenvalue weighted by Gasteiger charge is 2.77. The van der Waals surface area contributed by atoms with Crippen LogP contribution in [-0.2, 0) is 10.0 Å². The van der Waals surface area contributed by atoms with Crippen LogP contribution in [0.3, 0.4) is 0 Å². The minimum Gasteiger partial charge on any atom is -0.389 e. The Balaban J connectivity index is 2.81. The van der Waals surface area contributed by atoms with Gasteiger partial charge in [0, 0.05) is 5.56 Å². The van der Waals surface area contributed by atoms with Gasteiger partial charge in [-0.3, -0.25) is 0 Å². The molecule has 0 aromatic heterocycles. The zero-order chi connectivity index (χ0) is 14.7. The lowest BCUT2D eigenvalue weighted by Crippen LogP contribution is -2.56. The molecule has 0 saturated carbocycles. The van der Waals surface area contributed by atoms with E-state index < -0.39 is 31.8 Å². The van der Waals surface area contributed by atoms with Gasteiger partial charge in [0.05, 0.1) is 0 Å². The largest absolute Gasteiger partial charge is 0.429 e. The van der Waals surface area contributed by atoms with E-state index >= 15 is 0 Å². The van der Waals surface area contributed by atoms with Crippen LogP contribution < -0.4 is 5.19 Å². The van der Waals surface area contributed by atoms with Crippen LogP contribution in [0.15, 0.2) is 24.3 Å². The number of hydrogen-bond acceptors (Lipinski definition) is 1. The van der Waals surface area contributed by atoms with Crippen molar-refractivity contribution < 1.29 is 30.8 Å². The van der Waals surface area contributed by atoms with Crippen molar-refractivity contribution in [1.82, 2.24) is 0 Å². The minimum absolute atomic E-state index is 0.0321. The van der Waals surface area contributed by atoms with Gasteiger partial charge in [-0.2, -0.15) is 26.3 Å². The molecule has 2 rings (SSSR count). The molecular weight excluding hydrogens is 290 g/mol. The van der Waals surface area contributed by atoms with E-state index in [4.69, 9.17) is 0 Å². The van der Waals surface area contributed by atoms with E-state index in [2.05, 4.69) is 4.43 Å². The first kappa shape index (κ1) is 14.4. The molecule has 0 saturated heterocycles. The number of halogens is 6. The Morgan fingerprint density at radius 2 is 1.42 bits per heavy atom. The lowest BCUT2D eigenvalue weighted by Gasteiger charge is -2.35. The Labute approximate surface area is 106 Å². The zero-order valence-corrected chi connectivity index (χ0v) is 11.0. The molecule has 0 N–H and O–H groups in total. The molecule has 1 aromatic carbocycles. The van der Waals surface area contributed by atoms with Crippen molar-refractivity contribution in [3.63, 3.8) is 0 Å². The third-order valence-corrected chi connectivity index (χ3v) is 5.71. The van der Waals surface area contributed by atoms with Gasteiger partial charge in [0.25, 0.3) is 5.60 Å². The van der Waals surface area contributed by atoms with Gasteiger partial charge < -0.3 is 4.43 Å². The predicted molar refractivity (Wildman–Crippen MR) is 58.4 cm³/mol. The second kappa shape index (κ2) is 3.75. The molecule has 0 spiro atoms. The highest BCUT2D eigenvalue weighted by Crippen LogP contribution is 2.56. The number of hydrogen-bond donors (Lipinski definition) is 0. The second-order valence-electron chi connectivity index (χ2n) is 4.83. The molecule has 0 bridgehead atoms. The maximum absolute atomic E-state index is 13.1. The summed E-state index contributed by atoms with van der Waals surface area (Å²) in [5.41, 5.74) is -5.03. The Morgan fingerprint density at radius 1 is 0.947 bits per heavy atom. The summed E-state index contributed by atoms with van der Waals surface area (Å²) in [5.74, 6) is 0. The summed E-state index contributed by atoms with van der Waals surface area (Å²) in [6, 6.07) is 4.70. The summed E-state index contributed by atoms with van der Waals surface area (Å²) < 4.78 is 83.3. The van der Waals surface area contributed by atoms with Gasteiger partial charge in [-0.25, -0.2) is 0 Å². The lowest BCUT2D eigenvalue weighted by atomic mass is 9.92. The van der Waals surface area contributed by atoms with E-state index in [0.29, 0.717) is 0 Å². The standard InChI is InChI=1S/C11H10F6OSi/c1-19(2)8-6-4-3-5-7(8)9(18-19,10(12,13)14)11(15,16)17/h3-6H,1-2H3. The average Bonchev–Trinajstić information content (AvgIpc) is 2.48. The van der Waals surface area contributed by atoms with E-state index in [1.807, 2.05) is 0 Å². The van der Waals surface area contributed by atoms with Crippen molar-refractivity contribution in [2.75, 3.05) is 0 Å². The van der Waals surface area contributed by atoms with Crippen molar-refractivity contribution in [3.8, 4) is 0 Å². The number of alkyl halides is 6. The molecule has 0 unspecified atom stereocenters. The van der Waals surface area contributed by atoms with Gasteiger partial charge in [0.2, 0.25) is 8.32 Å². The molecule has 0 fully saturated rings. The molecule has 1 nitrogen and oxygen atoms in total. The Kier molecular flexibility index (Phi) is 2.84. The fourth-order valence-corrected chi connectivity index (χ4v) is 5.01. The summed E-state index contributed by atoms with van der Waals surface area (Å²) in [6.45, 7) is 2.65. The van der Waals surface area contributed by atoms with Crippen LogP contribution in [0.2, 0.25) is 13.1 Å². The molecule has 0 amide bonds. The Bertz CT molecular complexity index is 491. The lowest BCUT2D eigenvalue weighted by molar-refractivity contribution is -0.365. The highest BCUT2D eigenvalue weighted by atomic mass is 28.4. The smallest absolute Gasteiger partial charge is 0.389 e. The van der Waals surface area contributed by atoms with Gasteiger partial charge >= 0.3 is 12.4 Å². The number of benzene rings is 1. The van der Waals surface area contributed by atoms with E-state index in [1.54, 1.807) is 0 Å². The minimum atomic E-state index is -5.55. The van der Waals surface area contributed by atoms with Crippen LogP contribution in [0.1, 0.15) is 5.56 Å². The quantitative estimate of drug-likeness (QED) is 0.527. The summed E-state index contributed by atoms with van der Waals surface area (Å²) in [5, 5.41) is 0.0321. The molecule has 1 heterocycles. The summed E-state index contributed by atoms with van der Waals surface area (Å²) >= 11 is 0. The van der Waals surface area contributed by atoms with Crippen molar-refractivity contribution >= 4 is 13.5 Å². The van der Waals surface area contributed by atoms with Crippen LogP contribution in [0.4, 0.5) is 26.3 Å². The molecule has 1 aromatic rings. The van der Waals surface area contributed by atoms with E-state index in [-0.39, 0.29) is 5.19 Å². The third-order valence-electron chi connectivity index (χ3n) is 3.16. The van der Waals surface area contributed by atoms with Crippen LogP contribution in [0, 0.1) is 0 Å². The normalized spacial score (nSPS) is 21.3. The molecule has 1 aliphatic heterocycles. The summed E-state index contributed by atoms with van der Waals surface area (Å²) in [7, 11) is -3.26. The SMILES string of the molecule is C[Si]1(C)OC(C(F)(F)F)(C(F)(F)F)c2ccccc21. The summed E-state index contributed by atoms with van der Waals surface area (Å²) in [6.07, 6.45) is -11.1. The van der Waals surface area contributed by atoms with Crippen LogP contribution in [-0.4, -0.2) is 20.7 Å². The fraction of sp³-hybridized carbons (Fsp3) is 0.455. The first-order valence-electron chi connectivity index (χ1n) is 5.37. The Morgan fingerprint density at radius 3 is 1.89 bits per heavy atom. The molecule has 0 atom stereocenters. The molecule has 19 heavy (non-hydrogen) atoms. The zero-order valence-electron chi connectivity index (χ0n) is 9.99. The third kappa shape index (κ3) is 1.80. The van der Waals surface area contributed by atoms with Crippen molar-refractivity contribution in [2.45, 2.75) is 31.0 Å². The highest BCUT2D eigenvalue weighted by molar-refractivity contribution is 6.85. The topological polar surface area (TPSA) is 9.23 Å². The van der Waals surface area contributed by atoms with Gasteiger partial charge in [-0.05, 0) is 18.3 Å². The second-order valence-corrected chi connectivity index (χ2v) is 8.60. The molecule has 1 aliphatic rings. The van der Waals surface area contributed by atoms with Crippen molar-refractivity contribution in [1.29, 1.82) is 0 Å². The first-order valence-corrected chi connectivity index (χ1v) is 8.28. The van der Waals surface area contributed by atoms with Crippen LogP contribution in [0.5, 0.6) is 0 Å².